The number of hydrogen-bond acceptors (Lipinski definition) is 5. The number of benzene rings is 1. The second-order valence-corrected chi connectivity index (χ2v) is 4.45. The molecule has 1 unspecified atom stereocenters. The molecular formula is C13H16N4O3. The molecule has 0 aliphatic heterocycles. The molecule has 0 aliphatic rings. The van der Waals surface area contributed by atoms with Gasteiger partial charge in [0.2, 0.25) is 0 Å². The third-order valence-corrected chi connectivity index (χ3v) is 2.82. The van der Waals surface area contributed by atoms with Crippen LogP contribution in [0.15, 0.2) is 18.2 Å². The maximum Gasteiger partial charge on any atom is 0.292 e. The molecule has 106 valence electrons. The molecule has 0 aliphatic carbocycles. The van der Waals surface area contributed by atoms with Crippen molar-refractivity contribution in [3.8, 4) is 6.07 Å². The van der Waals surface area contributed by atoms with Gasteiger partial charge in [0.15, 0.2) is 0 Å². The molecule has 0 bridgehead atoms. The highest BCUT2D eigenvalue weighted by Crippen LogP contribution is 2.25. The SMILES string of the molecule is CNc1cc(C(=O)N(C)CC(C)C#N)ccc1[N+](=O)[O-]. The molecule has 1 atom stereocenters. The molecule has 1 aromatic carbocycles. The summed E-state index contributed by atoms with van der Waals surface area (Å²) < 4.78 is 0. The van der Waals surface area contributed by atoms with E-state index < -0.39 is 4.92 Å². The van der Waals surface area contributed by atoms with Crippen molar-refractivity contribution in [2.45, 2.75) is 6.92 Å². The van der Waals surface area contributed by atoms with Gasteiger partial charge in [-0.15, -0.1) is 0 Å². The summed E-state index contributed by atoms with van der Waals surface area (Å²) >= 11 is 0. The van der Waals surface area contributed by atoms with E-state index in [9.17, 15) is 14.9 Å². The van der Waals surface area contributed by atoms with Crippen LogP contribution in [0.1, 0.15) is 17.3 Å². The van der Waals surface area contributed by atoms with E-state index in [1.165, 1.54) is 23.1 Å². The van der Waals surface area contributed by atoms with Crippen molar-refractivity contribution in [1.82, 2.24) is 4.90 Å². The van der Waals surface area contributed by atoms with Gasteiger partial charge in [0.05, 0.1) is 16.9 Å². The first-order valence-corrected chi connectivity index (χ1v) is 6.02. The van der Waals surface area contributed by atoms with Crippen molar-refractivity contribution in [3.63, 3.8) is 0 Å². The Hall–Kier alpha value is -2.62. The van der Waals surface area contributed by atoms with Crippen LogP contribution in [0.5, 0.6) is 0 Å². The number of rotatable bonds is 5. The average molecular weight is 276 g/mol. The highest BCUT2D eigenvalue weighted by atomic mass is 16.6. The number of nitrogens with zero attached hydrogens (tertiary/aromatic N) is 3. The van der Waals surface area contributed by atoms with Crippen molar-refractivity contribution < 1.29 is 9.72 Å². The van der Waals surface area contributed by atoms with Gasteiger partial charge >= 0.3 is 0 Å². The molecule has 1 N–H and O–H groups in total. The van der Waals surface area contributed by atoms with Gasteiger partial charge in [-0.05, 0) is 19.1 Å². The van der Waals surface area contributed by atoms with Gasteiger partial charge in [-0.2, -0.15) is 5.26 Å². The Kier molecular flexibility index (Phi) is 5.03. The normalized spacial score (nSPS) is 11.3. The van der Waals surface area contributed by atoms with Gasteiger partial charge < -0.3 is 10.2 Å². The molecule has 0 spiro atoms. The fourth-order valence-corrected chi connectivity index (χ4v) is 1.78. The van der Waals surface area contributed by atoms with Gasteiger partial charge in [0, 0.05) is 32.3 Å². The first-order chi connectivity index (χ1) is 9.40. The van der Waals surface area contributed by atoms with Crippen LogP contribution in [0.4, 0.5) is 11.4 Å². The van der Waals surface area contributed by atoms with Gasteiger partial charge in [0.1, 0.15) is 5.69 Å². The Balaban J connectivity index is 3.00. The quantitative estimate of drug-likeness (QED) is 0.653. The molecule has 7 nitrogen and oxygen atoms in total. The van der Waals surface area contributed by atoms with E-state index in [0.29, 0.717) is 12.1 Å². The molecular weight excluding hydrogens is 260 g/mol. The van der Waals surface area contributed by atoms with Crippen LogP contribution in [-0.4, -0.2) is 36.4 Å². The van der Waals surface area contributed by atoms with E-state index in [-0.39, 0.29) is 23.2 Å². The predicted molar refractivity (Wildman–Crippen MR) is 74.4 cm³/mol. The summed E-state index contributed by atoms with van der Waals surface area (Å²) in [4.78, 5) is 23.9. The highest BCUT2D eigenvalue weighted by molar-refractivity contribution is 5.95. The number of nitriles is 1. The Labute approximate surface area is 117 Å². The number of carbonyl (C=O) groups excluding carboxylic acids is 1. The fourth-order valence-electron chi connectivity index (χ4n) is 1.78. The summed E-state index contributed by atoms with van der Waals surface area (Å²) in [6, 6.07) is 6.20. The predicted octanol–water partition coefficient (Wildman–Crippen LogP) is 1.87. The number of nitrogens with one attached hydrogen (secondary N) is 1. The first-order valence-electron chi connectivity index (χ1n) is 6.02. The van der Waals surface area contributed by atoms with Crippen molar-refractivity contribution in [2.75, 3.05) is 26.0 Å². The monoisotopic (exact) mass is 276 g/mol. The number of carbonyl (C=O) groups is 1. The third-order valence-electron chi connectivity index (χ3n) is 2.82. The van der Waals surface area contributed by atoms with Gasteiger partial charge in [-0.3, -0.25) is 14.9 Å². The number of hydrogen-bond donors (Lipinski definition) is 1. The minimum absolute atomic E-state index is 0.0860. The highest BCUT2D eigenvalue weighted by Gasteiger charge is 2.19. The molecule has 7 heteroatoms. The average Bonchev–Trinajstić information content (AvgIpc) is 2.45. The molecule has 0 saturated heterocycles. The van der Waals surface area contributed by atoms with Crippen LogP contribution in [0.3, 0.4) is 0 Å². The van der Waals surface area contributed by atoms with Crippen LogP contribution in [0, 0.1) is 27.4 Å². The van der Waals surface area contributed by atoms with Crippen LogP contribution >= 0.6 is 0 Å². The van der Waals surface area contributed by atoms with Crippen LogP contribution in [-0.2, 0) is 0 Å². The molecule has 20 heavy (non-hydrogen) atoms. The largest absolute Gasteiger partial charge is 0.383 e. The van der Waals surface area contributed by atoms with Crippen LogP contribution in [0.25, 0.3) is 0 Å². The van der Waals surface area contributed by atoms with Gasteiger partial charge in [-0.25, -0.2) is 0 Å². The van der Waals surface area contributed by atoms with E-state index in [4.69, 9.17) is 5.26 Å². The molecule has 1 rings (SSSR count). The summed E-state index contributed by atoms with van der Waals surface area (Å²) in [5.74, 6) is -0.552. The molecule has 0 radical (unpaired) electrons. The lowest BCUT2D eigenvalue weighted by Crippen LogP contribution is -2.30. The third kappa shape index (κ3) is 3.45. The minimum atomic E-state index is -0.512. The van der Waals surface area contributed by atoms with Crippen molar-refractivity contribution in [3.05, 3.63) is 33.9 Å². The maximum absolute atomic E-state index is 12.2. The lowest BCUT2D eigenvalue weighted by Gasteiger charge is -2.18. The Bertz CT molecular complexity index is 565. The summed E-state index contributed by atoms with van der Waals surface area (Å²) in [7, 11) is 3.15. The fraction of sp³-hybridized carbons (Fsp3) is 0.385. The maximum atomic E-state index is 12.2. The van der Waals surface area contributed by atoms with Crippen molar-refractivity contribution in [1.29, 1.82) is 5.26 Å². The second-order valence-electron chi connectivity index (χ2n) is 4.45. The number of amides is 1. The van der Waals surface area contributed by atoms with Gasteiger partial charge in [0.25, 0.3) is 11.6 Å². The molecule has 0 aromatic heterocycles. The number of anilines is 1. The summed E-state index contributed by atoms with van der Waals surface area (Å²) in [6.45, 7) is 2.03. The zero-order chi connectivity index (χ0) is 15.3. The smallest absolute Gasteiger partial charge is 0.292 e. The Morgan fingerprint density at radius 3 is 2.75 bits per heavy atom. The number of nitro groups is 1. The Morgan fingerprint density at radius 2 is 2.25 bits per heavy atom. The van der Waals surface area contributed by atoms with E-state index in [1.807, 2.05) is 0 Å². The summed E-state index contributed by atoms with van der Waals surface area (Å²) in [5.41, 5.74) is 0.535. The minimum Gasteiger partial charge on any atom is -0.383 e. The molecule has 0 saturated carbocycles. The van der Waals surface area contributed by atoms with Crippen LogP contribution in [0.2, 0.25) is 0 Å². The van der Waals surface area contributed by atoms with E-state index in [2.05, 4.69) is 11.4 Å². The number of nitro benzene ring substituents is 1. The van der Waals surface area contributed by atoms with Crippen molar-refractivity contribution >= 4 is 17.3 Å². The molecule has 1 aromatic rings. The molecule has 0 fully saturated rings. The van der Waals surface area contributed by atoms with Gasteiger partial charge in [-0.1, -0.05) is 0 Å². The van der Waals surface area contributed by atoms with E-state index >= 15 is 0 Å². The summed E-state index contributed by atoms with van der Waals surface area (Å²) in [5, 5.41) is 22.3. The van der Waals surface area contributed by atoms with E-state index in [1.54, 1.807) is 21.0 Å². The zero-order valence-electron chi connectivity index (χ0n) is 11.6. The van der Waals surface area contributed by atoms with E-state index in [0.717, 1.165) is 0 Å². The lowest BCUT2D eigenvalue weighted by molar-refractivity contribution is -0.383. The molecule has 1 amide bonds. The standard InChI is InChI=1S/C13H16N4O3/c1-9(7-14)8-16(3)13(18)10-4-5-12(17(19)20)11(6-10)15-2/h4-6,9,15H,8H2,1-3H3. The first kappa shape index (κ1) is 15.4. The summed E-state index contributed by atoms with van der Waals surface area (Å²) in [6.07, 6.45) is 0. The Morgan fingerprint density at radius 1 is 1.60 bits per heavy atom. The molecule has 0 heterocycles. The van der Waals surface area contributed by atoms with Crippen LogP contribution < -0.4 is 5.32 Å². The zero-order valence-corrected chi connectivity index (χ0v) is 11.6. The topological polar surface area (TPSA) is 99.3 Å². The second kappa shape index (κ2) is 6.52. The lowest BCUT2D eigenvalue weighted by atomic mass is 10.1. The van der Waals surface area contributed by atoms with Crippen molar-refractivity contribution in [2.24, 2.45) is 5.92 Å².